The first kappa shape index (κ1) is 14.7. The second-order valence-electron chi connectivity index (χ2n) is 4.98. The molecule has 1 atom stereocenters. The highest BCUT2D eigenvalue weighted by molar-refractivity contribution is 5.28. The van der Waals surface area contributed by atoms with E-state index in [0.29, 0.717) is 12.6 Å². The van der Waals surface area contributed by atoms with Gasteiger partial charge in [-0.1, -0.05) is 12.1 Å². The second kappa shape index (κ2) is 7.75. The van der Waals surface area contributed by atoms with Gasteiger partial charge < -0.3 is 14.5 Å². The molecule has 3 heteroatoms. The number of rotatable bonds is 8. The summed E-state index contributed by atoms with van der Waals surface area (Å²) >= 11 is 0. The number of benzene rings is 1. The van der Waals surface area contributed by atoms with Crippen LogP contribution in [0.3, 0.4) is 0 Å². The summed E-state index contributed by atoms with van der Waals surface area (Å²) in [6, 6.07) is 12.7. The molecule has 2 rings (SSSR count). The third kappa shape index (κ3) is 4.74. The molecule has 0 saturated carbocycles. The minimum Gasteiger partial charge on any atom is -0.494 e. The molecular formula is C17H23NO2. The van der Waals surface area contributed by atoms with Crippen LogP contribution in [0.5, 0.6) is 5.75 Å². The van der Waals surface area contributed by atoms with Crippen molar-refractivity contribution < 1.29 is 9.15 Å². The molecule has 0 aliphatic rings. The molecule has 1 aromatic heterocycles. The average Bonchev–Trinajstić information content (AvgIpc) is 2.97. The lowest BCUT2D eigenvalue weighted by atomic mass is 10.1. The SMILES string of the molecule is CCOc1cccc(CNC(C)CCc2ccco2)c1. The van der Waals surface area contributed by atoms with E-state index in [4.69, 9.17) is 9.15 Å². The fraction of sp³-hybridized carbons (Fsp3) is 0.412. The summed E-state index contributed by atoms with van der Waals surface area (Å²) in [6.07, 6.45) is 3.77. The summed E-state index contributed by atoms with van der Waals surface area (Å²) < 4.78 is 10.9. The first-order valence-corrected chi connectivity index (χ1v) is 7.25. The lowest BCUT2D eigenvalue weighted by Crippen LogP contribution is -2.25. The molecule has 0 saturated heterocycles. The smallest absolute Gasteiger partial charge is 0.119 e. The first-order valence-electron chi connectivity index (χ1n) is 7.25. The predicted molar refractivity (Wildman–Crippen MR) is 80.9 cm³/mol. The molecule has 0 radical (unpaired) electrons. The summed E-state index contributed by atoms with van der Waals surface area (Å²) in [4.78, 5) is 0. The van der Waals surface area contributed by atoms with Crippen molar-refractivity contribution in [3.8, 4) is 5.75 Å². The van der Waals surface area contributed by atoms with Crippen LogP contribution in [0.1, 0.15) is 31.6 Å². The normalized spacial score (nSPS) is 12.3. The zero-order valence-electron chi connectivity index (χ0n) is 12.3. The van der Waals surface area contributed by atoms with E-state index >= 15 is 0 Å². The van der Waals surface area contributed by atoms with Gasteiger partial charge in [-0.25, -0.2) is 0 Å². The van der Waals surface area contributed by atoms with Crippen LogP contribution in [0.2, 0.25) is 0 Å². The van der Waals surface area contributed by atoms with E-state index in [1.54, 1.807) is 6.26 Å². The molecule has 1 N–H and O–H groups in total. The van der Waals surface area contributed by atoms with Gasteiger partial charge in [-0.2, -0.15) is 0 Å². The predicted octanol–water partition coefficient (Wildman–Crippen LogP) is 3.79. The monoisotopic (exact) mass is 273 g/mol. The van der Waals surface area contributed by atoms with Crippen molar-refractivity contribution in [2.45, 2.75) is 39.3 Å². The standard InChI is InChI=1S/C17H23NO2/c1-3-19-17-7-4-6-15(12-17)13-18-14(2)9-10-16-8-5-11-20-16/h4-8,11-12,14,18H,3,9-10,13H2,1-2H3. The van der Waals surface area contributed by atoms with Crippen LogP contribution < -0.4 is 10.1 Å². The summed E-state index contributed by atoms with van der Waals surface area (Å²) in [7, 11) is 0. The number of ether oxygens (including phenoxy) is 1. The van der Waals surface area contributed by atoms with Crippen molar-refractivity contribution in [1.82, 2.24) is 5.32 Å². The van der Waals surface area contributed by atoms with Gasteiger partial charge in [0.15, 0.2) is 0 Å². The number of hydrogen-bond acceptors (Lipinski definition) is 3. The van der Waals surface area contributed by atoms with Crippen molar-refractivity contribution in [1.29, 1.82) is 0 Å². The largest absolute Gasteiger partial charge is 0.494 e. The molecule has 0 aliphatic carbocycles. The summed E-state index contributed by atoms with van der Waals surface area (Å²) in [5, 5.41) is 3.53. The molecule has 1 unspecified atom stereocenters. The highest BCUT2D eigenvalue weighted by Crippen LogP contribution is 2.13. The molecule has 1 heterocycles. The third-order valence-corrected chi connectivity index (χ3v) is 3.27. The quantitative estimate of drug-likeness (QED) is 0.794. The molecule has 0 bridgehead atoms. The summed E-state index contributed by atoms with van der Waals surface area (Å²) in [5.74, 6) is 1.99. The molecular weight excluding hydrogens is 250 g/mol. The number of furan rings is 1. The Balaban J connectivity index is 1.75. The van der Waals surface area contributed by atoms with E-state index in [9.17, 15) is 0 Å². The van der Waals surface area contributed by atoms with Gasteiger partial charge in [0.1, 0.15) is 11.5 Å². The number of aryl methyl sites for hydroxylation is 1. The Hall–Kier alpha value is -1.74. The number of nitrogens with one attached hydrogen (secondary N) is 1. The zero-order chi connectivity index (χ0) is 14.2. The highest BCUT2D eigenvalue weighted by atomic mass is 16.5. The molecule has 2 aromatic rings. The lowest BCUT2D eigenvalue weighted by Gasteiger charge is -2.13. The first-order chi connectivity index (χ1) is 9.78. The van der Waals surface area contributed by atoms with Crippen LogP contribution in [-0.4, -0.2) is 12.6 Å². The van der Waals surface area contributed by atoms with Crippen molar-refractivity contribution >= 4 is 0 Å². The minimum absolute atomic E-state index is 0.454. The van der Waals surface area contributed by atoms with Crippen LogP contribution in [0.4, 0.5) is 0 Å². The molecule has 1 aromatic carbocycles. The van der Waals surface area contributed by atoms with Crippen LogP contribution in [-0.2, 0) is 13.0 Å². The molecule has 20 heavy (non-hydrogen) atoms. The van der Waals surface area contributed by atoms with E-state index < -0.39 is 0 Å². The zero-order valence-corrected chi connectivity index (χ0v) is 12.3. The average molecular weight is 273 g/mol. The van der Waals surface area contributed by atoms with E-state index in [1.165, 1.54) is 5.56 Å². The van der Waals surface area contributed by atoms with Gasteiger partial charge in [0, 0.05) is 19.0 Å². The van der Waals surface area contributed by atoms with Gasteiger partial charge in [-0.15, -0.1) is 0 Å². The molecule has 0 spiro atoms. The summed E-state index contributed by atoms with van der Waals surface area (Å²) in [6.45, 7) is 5.77. The fourth-order valence-electron chi connectivity index (χ4n) is 2.12. The van der Waals surface area contributed by atoms with Gasteiger partial charge in [-0.05, 0) is 50.1 Å². The van der Waals surface area contributed by atoms with Gasteiger partial charge in [0.2, 0.25) is 0 Å². The molecule has 3 nitrogen and oxygen atoms in total. The topological polar surface area (TPSA) is 34.4 Å². The van der Waals surface area contributed by atoms with Gasteiger partial charge >= 0.3 is 0 Å². The van der Waals surface area contributed by atoms with Crippen LogP contribution in [0.15, 0.2) is 47.1 Å². The molecule has 0 amide bonds. The van der Waals surface area contributed by atoms with E-state index in [2.05, 4.69) is 24.4 Å². The van der Waals surface area contributed by atoms with E-state index in [1.807, 2.05) is 31.2 Å². The van der Waals surface area contributed by atoms with Crippen LogP contribution >= 0.6 is 0 Å². The molecule has 0 fully saturated rings. The lowest BCUT2D eigenvalue weighted by molar-refractivity contribution is 0.339. The summed E-state index contributed by atoms with van der Waals surface area (Å²) in [5.41, 5.74) is 1.25. The Morgan fingerprint density at radius 1 is 1.25 bits per heavy atom. The maximum absolute atomic E-state index is 5.51. The van der Waals surface area contributed by atoms with Crippen molar-refractivity contribution in [2.75, 3.05) is 6.61 Å². The third-order valence-electron chi connectivity index (χ3n) is 3.27. The van der Waals surface area contributed by atoms with E-state index in [0.717, 1.165) is 30.9 Å². The van der Waals surface area contributed by atoms with E-state index in [-0.39, 0.29) is 0 Å². The molecule has 108 valence electrons. The maximum atomic E-state index is 5.51. The fourth-order valence-corrected chi connectivity index (χ4v) is 2.12. The van der Waals surface area contributed by atoms with Crippen molar-refractivity contribution in [3.05, 3.63) is 54.0 Å². The Bertz CT molecular complexity index is 493. The Morgan fingerprint density at radius 2 is 2.15 bits per heavy atom. The Morgan fingerprint density at radius 3 is 2.90 bits per heavy atom. The van der Waals surface area contributed by atoms with Crippen molar-refractivity contribution in [3.63, 3.8) is 0 Å². The number of hydrogen-bond donors (Lipinski definition) is 1. The van der Waals surface area contributed by atoms with Gasteiger partial charge in [0.25, 0.3) is 0 Å². The van der Waals surface area contributed by atoms with Gasteiger partial charge in [-0.3, -0.25) is 0 Å². The Kier molecular flexibility index (Phi) is 5.69. The highest BCUT2D eigenvalue weighted by Gasteiger charge is 2.04. The Labute approximate surface area is 121 Å². The minimum atomic E-state index is 0.454. The van der Waals surface area contributed by atoms with Crippen molar-refractivity contribution in [2.24, 2.45) is 0 Å². The van der Waals surface area contributed by atoms with Crippen LogP contribution in [0, 0.1) is 0 Å². The van der Waals surface area contributed by atoms with Crippen LogP contribution in [0.25, 0.3) is 0 Å². The van der Waals surface area contributed by atoms with Gasteiger partial charge in [0.05, 0.1) is 12.9 Å². The molecule has 0 aliphatic heterocycles. The maximum Gasteiger partial charge on any atom is 0.119 e. The second-order valence-corrected chi connectivity index (χ2v) is 4.98.